The first-order valence-corrected chi connectivity index (χ1v) is 9.66. The van der Waals surface area contributed by atoms with Crippen molar-refractivity contribution >= 4 is 17.5 Å². The molecule has 0 unspecified atom stereocenters. The zero-order valence-corrected chi connectivity index (χ0v) is 15.7. The van der Waals surface area contributed by atoms with Crippen molar-refractivity contribution < 1.29 is 9.59 Å². The summed E-state index contributed by atoms with van der Waals surface area (Å²) >= 11 is 0. The van der Waals surface area contributed by atoms with E-state index >= 15 is 0 Å². The topological polar surface area (TPSA) is 49.4 Å². The Balaban J connectivity index is 1.78. The summed E-state index contributed by atoms with van der Waals surface area (Å²) in [6.45, 7) is 7.86. The predicted molar refractivity (Wildman–Crippen MR) is 101 cm³/mol. The van der Waals surface area contributed by atoms with Gasteiger partial charge >= 0.3 is 0 Å². The number of hydrogen-bond acceptors (Lipinski definition) is 2. The fraction of sp³-hybridized carbons (Fsp3) is 0.619. The highest BCUT2D eigenvalue weighted by atomic mass is 16.2. The number of carbonyl (C=O) groups is 2. The maximum atomic E-state index is 13.0. The monoisotopic (exact) mass is 342 g/mol. The highest BCUT2D eigenvalue weighted by molar-refractivity contribution is 6.13. The number of hydrogen-bond donors (Lipinski definition) is 1. The number of para-hydroxylation sites is 1. The maximum absolute atomic E-state index is 13.0. The van der Waals surface area contributed by atoms with Crippen LogP contribution in [0.3, 0.4) is 0 Å². The van der Waals surface area contributed by atoms with E-state index in [-0.39, 0.29) is 11.8 Å². The lowest BCUT2D eigenvalue weighted by atomic mass is 9.97. The molecule has 25 heavy (non-hydrogen) atoms. The van der Waals surface area contributed by atoms with Gasteiger partial charge in [-0.15, -0.1) is 0 Å². The van der Waals surface area contributed by atoms with Crippen LogP contribution in [-0.2, 0) is 9.59 Å². The van der Waals surface area contributed by atoms with E-state index < -0.39 is 5.41 Å². The lowest BCUT2D eigenvalue weighted by Crippen LogP contribution is -2.43. The minimum absolute atomic E-state index is 0.0478. The van der Waals surface area contributed by atoms with Crippen molar-refractivity contribution in [1.82, 2.24) is 4.90 Å². The molecule has 1 heterocycles. The summed E-state index contributed by atoms with van der Waals surface area (Å²) in [7, 11) is 0. The molecule has 1 saturated heterocycles. The van der Waals surface area contributed by atoms with Crippen LogP contribution in [0.4, 0.5) is 5.69 Å². The van der Waals surface area contributed by atoms with Crippen LogP contribution in [0, 0.1) is 12.3 Å². The number of amides is 2. The van der Waals surface area contributed by atoms with E-state index in [4.69, 9.17) is 0 Å². The molecular weight excluding hydrogens is 312 g/mol. The summed E-state index contributed by atoms with van der Waals surface area (Å²) in [5, 5.41) is 3.11. The molecule has 4 heteroatoms. The van der Waals surface area contributed by atoms with E-state index in [0.717, 1.165) is 42.7 Å². The van der Waals surface area contributed by atoms with Crippen LogP contribution in [0.5, 0.6) is 0 Å². The molecule has 1 aromatic carbocycles. The van der Waals surface area contributed by atoms with Crippen molar-refractivity contribution in [1.29, 1.82) is 0 Å². The molecule has 1 aliphatic carbocycles. The molecule has 1 aliphatic heterocycles. The number of nitrogens with one attached hydrogen (secondary N) is 1. The van der Waals surface area contributed by atoms with E-state index in [1.807, 2.05) is 24.0 Å². The number of benzene rings is 1. The molecular formula is C21H30N2O2. The van der Waals surface area contributed by atoms with Crippen LogP contribution in [0.1, 0.15) is 69.4 Å². The number of anilines is 1. The van der Waals surface area contributed by atoms with Crippen molar-refractivity contribution in [3.8, 4) is 0 Å². The number of nitrogens with zero attached hydrogens (tertiary/aromatic N) is 1. The Labute approximate surface area is 151 Å². The summed E-state index contributed by atoms with van der Waals surface area (Å²) in [5.74, 6) is 0.260. The first kappa shape index (κ1) is 18.0. The lowest BCUT2D eigenvalue weighted by molar-refractivity contribution is -0.142. The Morgan fingerprint density at radius 2 is 1.72 bits per heavy atom. The SMILES string of the molecule is Cc1cccc(C(C)C)c1NC(=O)C1(C(=O)N2CCCCCC2)CC1. The average molecular weight is 342 g/mol. The fourth-order valence-electron chi connectivity index (χ4n) is 3.81. The first-order valence-electron chi connectivity index (χ1n) is 9.66. The van der Waals surface area contributed by atoms with E-state index in [1.54, 1.807) is 0 Å². The Bertz CT molecular complexity index is 654. The maximum Gasteiger partial charge on any atom is 0.240 e. The summed E-state index contributed by atoms with van der Waals surface area (Å²) in [4.78, 5) is 28.0. The van der Waals surface area contributed by atoms with Crippen molar-refractivity contribution in [2.75, 3.05) is 18.4 Å². The molecule has 2 aliphatic rings. The van der Waals surface area contributed by atoms with Crippen LogP contribution in [0.25, 0.3) is 0 Å². The molecule has 0 radical (unpaired) electrons. The molecule has 1 aromatic rings. The van der Waals surface area contributed by atoms with Gasteiger partial charge in [-0.3, -0.25) is 9.59 Å². The van der Waals surface area contributed by atoms with Crippen LogP contribution < -0.4 is 5.32 Å². The lowest BCUT2D eigenvalue weighted by Gasteiger charge is -2.26. The molecule has 2 amide bonds. The molecule has 0 atom stereocenters. The van der Waals surface area contributed by atoms with Crippen LogP contribution in [-0.4, -0.2) is 29.8 Å². The Kier molecular flexibility index (Phi) is 5.16. The fourth-order valence-corrected chi connectivity index (χ4v) is 3.81. The predicted octanol–water partition coefficient (Wildman–Crippen LogP) is 4.24. The zero-order chi connectivity index (χ0) is 18.0. The second-order valence-electron chi connectivity index (χ2n) is 7.94. The van der Waals surface area contributed by atoms with Gasteiger partial charge in [0.2, 0.25) is 11.8 Å². The van der Waals surface area contributed by atoms with E-state index in [2.05, 4.69) is 25.2 Å². The van der Waals surface area contributed by atoms with Gasteiger partial charge in [0, 0.05) is 18.8 Å². The third-order valence-corrected chi connectivity index (χ3v) is 5.65. The number of likely N-dealkylation sites (tertiary alicyclic amines) is 1. The van der Waals surface area contributed by atoms with E-state index in [0.29, 0.717) is 18.8 Å². The van der Waals surface area contributed by atoms with Gasteiger partial charge in [0.15, 0.2) is 0 Å². The van der Waals surface area contributed by atoms with Gasteiger partial charge in [-0.25, -0.2) is 0 Å². The van der Waals surface area contributed by atoms with Crippen molar-refractivity contribution in [2.45, 2.75) is 65.2 Å². The van der Waals surface area contributed by atoms with Gasteiger partial charge in [-0.05, 0) is 49.7 Å². The van der Waals surface area contributed by atoms with Crippen LogP contribution >= 0.6 is 0 Å². The summed E-state index contributed by atoms with van der Waals surface area (Å²) in [5.41, 5.74) is 2.25. The molecule has 1 saturated carbocycles. The minimum atomic E-state index is -0.819. The van der Waals surface area contributed by atoms with Gasteiger partial charge < -0.3 is 10.2 Å². The number of rotatable bonds is 4. The molecule has 2 fully saturated rings. The Morgan fingerprint density at radius 3 is 2.28 bits per heavy atom. The van der Waals surface area contributed by atoms with Gasteiger partial charge in [-0.2, -0.15) is 0 Å². The van der Waals surface area contributed by atoms with Crippen LogP contribution in [0.15, 0.2) is 18.2 Å². The molecule has 1 N–H and O–H groups in total. The first-order chi connectivity index (χ1) is 12.0. The molecule has 3 rings (SSSR count). The Hall–Kier alpha value is -1.84. The quantitative estimate of drug-likeness (QED) is 0.832. The molecule has 0 bridgehead atoms. The second kappa shape index (κ2) is 7.19. The smallest absolute Gasteiger partial charge is 0.240 e. The summed E-state index contributed by atoms with van der Waals surface area (Å²) < 4.78 is 0. The highest BCUT2D eigenvalue weighted by Crippen LogP contribution is 2.49. The highest BCUT2D eigenvalue weighted by Gasteiger charge is 2.58. The van der Waals surface area contributed by atoms with Crippen molar-refractivity contribution in [3.05, 3.63) is 29.3 Å². The Morgan fingerprint density at radius 1 is 1.08 bits per heavy atom. The molecule has 0 spiro atoms. The molecule has 0 aromatic heterocycles. The standard InChI is InChI=1S/C21H30N2O2/c1-15(2)17-10-8-9-16(3)18(17)22-19(24)21(11-12-21)20(25)23-13-6-4-5-7-14-23/h8-10,15H,4-7,11-14H2,1-3H3,(H,22,24). The minimum Gasteiger partial charge on any atom is -0.342 e. The molecule has 4 nitrogen and oxygen atoms in total. The second-order valence-corrected chi connectivity index (χ2v) is 7.94. The normalized spacial score (nSPS) is 19.4. The largest absolute Gasteiger partial charge is 0.342 e. The van der Waals surface area contributed by atoms with Crippen molar-refractivity contribution in [3.63, 3.8) is 0 Å². The molecule has 136 valence electrons. The average Bonchev–Trinajstić information content (AvgIpc) is 3.40. The van der Waals surface area contributed by atoms with Crippen molar-refractivity contribution in [2.24, 2.45) is 5.41 Å². The van der Waals surface area contributed by atoms with Gasteiger partial charge in [0.25, 0.3) is 0 Å². The van der Waals surface area contributed by atoms with Crippen LogP contribution in [0.2, 0.25) is 0 Å². The summed E-state index contributed by atoms with van der Waals surface area (Å²) in [6.07, 6.45) is 5.83. The van der Waals surface area contributed by atoms with E-state index in [9.17, 15) is 9.59 Å². The van der Waals surface area contributed by atoms with E-state index in [1.165, 1.54) is 12.8 Å². The number of aryl methyl sites for hydroxylation is 1. The third-order valence-electron chi connectivity index (χ3n) is 5.65. The van der Waals surface area contributed by atoms with Gasteiger partial charge in [0.1, 0.15) is 5.41 Å². The third kappa shape index (κ3) is 3.58. The number of carbonyl (C=O) groups excluding carboxylic acids is 2. The summed E-state index contributed by atoms with van der Waals surface area (Å²) in [6, 6.07) is 6.09. The zero-order valence-electron chi connectivity index (χ0n) is 15.7. The van der Waals surface area contributed by atoms with Gasteiger partial charge in [0.05, 0.1) is 0 Å². The van der Waals surface area contributed by atoms with Gasteiger partial charge in [-0.1, -0.05) is 44.9 Å².